The van der Waals surface area contributed by atoms with Crippen LogP contribution in [0.3, 0.4) is 0 Å². The van der Waals surface area contributed by atoms with E-state index in [0.717, 1.165) is 31.4 Å². The summed E-state index contributed by atoms with van der Waals surface area (Å²) in [5.74, 6) is -0.709. The van der Waals surface area contributed by atoms with Crippen molar-refractivity contribution in [2.75, 3.05) is 13.1 Å². The molecule has 3 nitrogen and oxygen atoms in total. The fourth-order valence-electron chi connectivity index (χ4n) is 3.90. The largest absolute Gasteiger partial charge is 0.416 e. The Kier molecular flexibility index (Phi) is 4.57. The zero-order valence-electron chi connectivity index (χ0n) is 15.1. The quantitative estimate of drug-likeness (QED) is 0.732. The zero-order chi connectivity index (χ0) is 19.9. The van der Waals surface area contributed by atoms with Gasteiger partial charge in [-0.1, -0.05) is 36.4 Å². The summed E-state index contributed by atoms with van der Waals surface area (Å²) in [5, 5.41) is 0. The molecule has 1 saturated heterocycles. The van der Waals surface area contributed by atoms with Gasteiger partial charge in [-0.3, -0.25) is 9.59 Å². The molecule has 1 heterocycles. The maximum absolute atomic E-state index is 13.3. The molecule has 0 radical (unpaired) electrons. The molecule has 0 N–H and O–H groups in total. The van der Waals surface area contributed by atoms with Gasteiger partial charge in [0, 0.05) is 24.2 Å². The molecule has 2 aromatic rings. The van der Waals surface area contributed by atoms with Crippen molar-refractivity contribution < 1.29 is 22.8 Å². The number of halogens is 3. The Balaban J connectivity index is 1.94. The van der Waals surface area contributed by atoms with E-state index in [1.807, 2.05) is 4.90 Å². The molecular weight excluding hydrogens is 367 g/mol. The molecule has 0 aromatic heterocycles. The van der Waals surface area contributed by atoms with Crippen LogP contribution in [0.5, 0.6) is 0 Å². The molecular formula is C22H18F3NO2. The number of likely N-dealkylation sites (tertiary alicyclic amines) is 1. The number of carbonyl (C=O) groups is 2. The summed E-state index contributed by atoms with van der Waals surface area (Å²) in [7, 11) is 0. The lowest BCUT2D eigenvalue weighted by Gasteiger charge is -2.34. The van der Waals surface area contributed by atoms with Crippen LogP contribution < -0.4 is 0 Å². The van der Waals surface area contributed by atoms with E-state index < -0.39 is 17.5 Å². The van der Waals surface area contributed by atoms with E-state index in [4.69, 9.17) is 0 Å². The van der Waals surface area contributed by atoms with Crippen molar-refractivity contribution in [1.82, 2.24) is 4.90 Å². The van der Waals surface area contributed by atoms with Gasteiger partial charge in [-0.05, 0) is 37.0 Å². The van der Waals surface area contributed by atoms with Crippen molar-refractivity contribution in [3.05, 3.63) is 76.5 Å². The van der Waals surface area contributed by atoms with Crippen LogP contribution in [0.2, 0.25) is 0 Å². The molecule has 0 unspecified atom stereocenters. The van der Waals surface area contributed by atoms with E-state index in [0.29, 0.717) is 18.7 Å². The maximum Gasteiger partial charge on any atom is 0.416 e. The first kappa shape index (κ1) is 18.5. The summed E-state index contributed by atoms with van der Waals surface area (Å²) in [6.45, 7) is 1.22. The van der Waals surface area contributed by atoms with Crippen LogP contribution in [0, 0.1) is 0 Å². The highest BCUT2D eigenvalue weighted by molar-refractivity contribution is 6.40. The van der Waals surface area contributed by atoms with Crippen molar-refractivity contribution in [3.8, 4) is 0 Å². The Bertz CT molecular complexity index is 985. The van der Waals surface area contributed by atoms with Crippen LogP contribution in [0.15, 0.2) is 54.2 Å². The molecule has 4 rings (SSSR count). The van der Waals surface area contributed by atoms with Gasteiger partial charge >= 0.3 is 6.18 Å². The van der Waals surface area contributed by atoms with Gasteiger partial charge in [0.2, 0.25) is 5.78 Å². The third kappa shape index (κ3) is 3.13. The van der Waals surface area contributed by atoms with E-state index in [9.17, 15) is 22.8 Å². The summed E-state index contributed by atoms with van der Waals surface area (Å²) in [5.41, 5.74) is 0.127. The first-order valence-corrected chi connectivity index (χ1v) is 9.23. The van der Waals surface area contributed by atoms with E-state index >= 15 is 0 Å². The third-order valence-corrected chi connectivity index (χ3v) is 5.25. The molecule has 2 aliphatic rings. The highest BCUT2D eigenvalue weighted by Crippen LogP contribution is 2.37. The van der Waals surface area contributed by atoms with Crippen molar-refractivity contribution >= 4 is 17.1 Å². The number of rotatable bonds is 2. The zero-order valence-corrected chi connectivity index (χ0v) is 15.1. The molecule has 0 amide bonds. The van der Waals surface area contributed by atoms with Gasteiger partial charge in [-0.25, -0.2) is 0 Å². The average Bonchev–Trinajstić information content (AvgIpc) is 2.70. The molecule has 6 heteroatoms. The Labute approximate surface area is 160 Å². The summed E-state index contributed by atoms with van der Waals surface area (Å²) in [6.07, 6.45) is -1.74. The van der Waals surface area contributed by atoms with Gasteiger partial charge in [0.1, 0.15) is 0 Å². The fraction of sp³-hybridized carbons (Fsp3) is 0.273. The van der Waals surface area contributed by atoms with Crippen LogP contribution >= 0.6 is 0 Å². The van der Waals surface area contributed by atoms with Crippen molar-refractivity contribution in [3.63, 3.8) is 0 Å². The molecule has 1 fully saturated rings. The SMILES string of the molecule is O=C1C(c2cccc(C(F)(F)F)c2)=C(N2CCCCC2)C(=O)c2ccccc21. The minimum atomic E-state index is -4.53. The molecule has 0 atom stereocenters. The number of piperidine rings is 1. The average molecular weight is 385 g/mol. The number of hydrogen-bond donors (Lipinski definition) is 0. The predicted molar refractivity (Wildman–Crippen MR) is 98.9 cm³/mol. The summed E-state index contributed by atoms with van der Waals surface area (Å²) in [4.78, 5) is 28.4. The Morgan fingerprint density at radius 2 is 1.43 bits per heavy atom. The van der Waals surface area contributed by atoms with Gasteiger partial charge in [-0.15, -0.1) is 0 Å². The Hall–Kier alpha value is -2.89. The van der Waals surface area contributed by atoms with Gasteiger partial charge in [0.05, 0.1) is 16.8 Å². The number of hydrogen-bond acceptors (Lipinski definition) is 3. The van der Waals surface area contributed by atoms with Crippen LogP contribution in [0.25, 0.3) is 5.57 Å². The maximum atomic E-state index is 13.3. The van der Waals surface area contributed by atoms with Crippen LogP contribution in [-0.4, -0.2) is 29.6 Å². The molecule has 28 heavy (non-hydrogen) atoms. The second-order valence-corrected chi connectivity index (χ2v) is 7.05. The number of fused-ring (bicyclic) bond motifs is 1. The highest BCUT2D eigenvalue weighted by atomic mass is 19.4. The second kappa shape index (κ2) is 6.93. The first-order valence-electron chi connectivity index (χ1n) is 9.23. The van der Waals surface area contributed by atoms with Gasteiger partial charge in [0.25, 0.3) is 0 Å². The second-order valence-electron chi connectivity index (χ2n) is 7.05. The minimum Gasteiger partial charge on any atom is -0.368 e. The standard InChI is InChI=1S/C22H18F3NO2/c23-22(24,25)15-8-6-7-14(13-15)18-19(26-11-4-1-5-12-26)21(28)17-10-3-2-9-16(17)20(18)27/h2-3,6-10,13H,1,4-5,11-12H2. The third-order valence-electron chi connectivity index (χ3n) is 5.25. The predicted octanol–water partition coefficient (Wildman–Crippen LogP) is 4.98. The molecule has 1 aliphatic heterocycles. The lowest BCUT2D eigenvalue weighted by atomic mass is 9.82. The van der Waals surface area contributed by atoms with E-state index in [2.05, 4.69) is 0 Å². The van der Waals surface area contributed by atoms with Gasteiger partial charge in [0.15, 0.2) is 5.78 Å². The Morgan fingerprint density at radius 3 is 2.07 bits per heavy atom. The first-order chi connectivity index (χ1) is 13.4. The number of alkyl halides is 3. The van der Waals surface area contributed by atoms with Crippen LogP contribution in [0.4, 0.5) is 13.2 Å². The number of carbonyl (C=O) groups excluding carboxylic acids is 2. The smallest absolute Gasteiger partial charge is 0.368 e. The minimum absolute atomic E-state index is 0.0664. The van der Waals surface area contributed by atoms with Crippen LogP contribution in [0.1, 0.15) is 51.1 Å². The van der Waals surface area contributed by atoms with Gasteiger partial charge in [-0.2, -0.15) is 13.2 Å². The Morgan fingerprint density at radius 1 is 0.786 bits per heavy atom. The van der Waals surface area contributed by atoms with Crippen LogP contribution in [-0.2, 0) is 6.18 Å². The van der Waals surface area contributed by atoms with Crippen molar-refractivity contribution in [2.24, 2.45) is 0 Å². The van der Waals surface area contributed by atoms with Crippen molar-refractivity contribution in [1.29, 1.82) is 0 Å². The van der Waals surface area contributed by atoms with E-state index in [-0.39, 0.29) is 28.2 Å². The fourth-order valence-corrected chi connectivity index (χ4v) is 3.90. The number of Topliss-reactive ketones (excluding diaryl/α,β-unsaturated/α-hetero) is 2. The monoisotopic (exact) mass is 385 g/mol. The molecule has 144 valence electrons. The number of nitrogens with zero attached hydrogens (tertiary/aromatic N) is 1. The normalized spacial score (nSPS) is 17.8. The lowest BCUT2D eigenvalue weighted by Crippen LogP contribution is -2.37. The molecule has 0 spiro atoms. The summed E-state index contributed by atoms with van der Waals surface area (Å²) < 4.78 is 39.7. The number of benzene rings is 2. The van der Waals surface area contributed by atoms with Gasteiger partial charge < -0.3 is 4.90 Å². The van der Waals surface area contributed by atoms with Crippen molar-refractivity contribution in [2.45, 2.75) is 25.4 Å². The molecule has 1 aliphatic carbocycles. The van der Waals surface area contributed by atoms with E-state index in [1.54, 1.807) is 24.3 Å². The molecule has 2 aromatic carbocycles. The van der Waals surface area contributed by atoms with E-state index in [1.165, 1.54) is 12.1 Å². The summed E-state index contributed by atoms with van der Waals surface area (Å²) in [6, 6.07) is 11.2. The molecule has 0 saturated carbocycles. The highest BCUT2D eigenvalue weighted by Gasteiger charge is 2.37. The topological polar surface area (TPSA) is 37.4 Å². The summed E-state index contributed by atoms with van der Waals surface area (Å²) >= 11 is 0. The lowest BCUT2D eigenvalue weighted by molar-refractivity contribution is -0.137. The molecule has 0 bridgehead atoms. The number of ketones is 2. The number of allylic oxidation sites excluding steroid dienone is 2.